The molecule has 0 unspecified atom stereocenters. The molecule has 0 saturated carbocycles. The quantitative estimate of drug-likeness (QED) is 0.697. The molecule has 1 fully saturated rings. The van der Waals surface area contributed by atoms with Crippen LogP contribution in [-0.4, -0.2) is 30.7 Å². The van der Waals surface area contributed by atoms with Crippen LogP contribution >= 0.6 is 0 Å². The Morgan fingerprint density at radius 2 is 2.08 bits per heavy atom. The molecule has 0 amide bonds. The second-order valence-electron chi connectivity index (χ2n) is 6.43. The average molecular weight is 321 g/mol. The fourth-order valence-electron chi connectivity index (χ4n) is 3.43. The number of rotatable bonds is 3. The summed E-state index contributed by atoms with van der Waals surface area (Å²) >= 11 is 0. The predicted octanol–water partition coefficient (Wildman–Crippen LogP) is 2.19. The van der Waals surface area contributed by atoms with Crippen LogP contribution < -0.4 is 21.7 Å². The number of pyridine rings is 1. The molecule has 2 aliphatic rings. The Kier molecular flexibility index (Phi) is 4.09. The van der Waals surface area contributed by atoms with E-state index in [4.69, 9.17) is 5.73 Å². The molecule has 1 aromatic heterocycles. The summed E-state index contributed by atoms with van der Waals surface area (Å²) in [7, 11) is 0. The molecule has 2 aliphatic heterocycles. The fraction of sp³-hybridized carbons (Fsp3) is 0.316. The van der Waals surface area contributed by atoms with Crippen molar-refractivity contribution in [2.75, 3.05) is 25.0 Å². The van der Waals surface area contributed by atoms with E-state index in [1.807, 2.05) is 18.5 Å². The molecule has 124 valence electrons. The van der Waals surface area contributed by atoms with E-state index >= 15 is 0 Å². The molecule has 5 heteroatoms. The Bertz CT molecular complexity index is 803. The Hall–Kier alpha value is -2.53. The van der Waals surface area contributed by atoms with Gasteiger partial charge in [-0.1, -0.05) is 6.08 Å². The molecule has 0 aliphatic carbocycles. The number of piperidine rings is 1. The SMILES string of the molecule is NC1=CC(c2cc(NC3CCNCC3)c3cnccc3c2)=CCN1. The first-order chi connectivity index (χ1) is 11.8. The number of anilines is 1. The van der Waals surface area contributed by atoms with Gasteiger partial charge in [0.1, 0.15) is 0 Å². The third kappa shape index (κ3) is 3.08. The Balaban J connectivity index is 1.74. The van der Waals surface area contributed by atoms with Crippen LogP contribution in [0.1, 0.15) is 18.4 Å². The van der Waals surface area contributed by atoms with E-state index in [1.165, 1.54) is 21.9 Å². The van der Waals surface area contributed by atoms with Crippen molar-refractivity contribution in [2.24, 2.45) is 5.73 Å². The van der Waals surface area contributed by atoms with Crippen LogP contribution in [0.15, 0.2) is 48.6 Å². The first-order valence-corrected chi connectivity index (χ1v) is 8.56. The lowest BCUT2D eigenvalue weighted by molar-refractivity contribution is 0.479. The summed E-state index contributed by atoms with van der Waals surface area (Å²) in [6, 6.07) is 7.02. The second-order valence-corrected chi connectivity index (χ2v) is 6.43. The van der Waals surface area contributed by atoms with Gasteiger partial charge < -0.3 is 21.7 Å². The van der Waals surface area contributed by atoms with E-state index in [9.17, 15) is 0 Å². The van der Waals surface area contributed by atoms with Crippen LogP contribution in [0.4, 0.5) is 5.69 Å². The number of nitrogens with two attached hydrogens (primary N) is 1. The summed E-state index contributed by atoms with van der Waals surface area (Å²) in [4.78, 5) is 4.31. The van der Waals surface area contributed by atoms with Gasteiger partial charge in [-0.3, -0.25) is 4.98 Å². The lowest BCUT2D eigenvalue weighted by Gasteiger charge is -2.26. The minimum Gasteiger partial charge on any atom is -0.386 e. The molecule has 1 aromatic carbocycles. The number of nitrogens with one attached hydrogen (secondary N) is 3. The zero-order chi connectivity index (χ0) is 16.4. The maximum atomic E-state index is 5.94. The highest BCUT2D eigenvalue weighted by molar-refractivity contribution is 5.97. The summed E-state index contributed by atoms with van der Waals surface area (Å²) in [6.07, 6.45) is 10.3. The summed E-state index contributed by atoms with van der Waals surface area (Å²) in [5.41, 5.74) is 9.45. The van der Waals surface area contributed by atoms with Crippen molar-refractivity contribution < 1.29 is 0 Å². The van der Waals surface area contributed by atoms with Gasteiger partial charge in [0.05, 0.1) is 5.82 Å². The molecule has 5 nitrogen and oxygen atoms in total. The van der Waals surface area contributed by atoms with Crippen LogP contribution in [0.25, 0.3) is 16.3 Å². The van der Waals surface area contributed by atoms with Crippen LogP contribution in [-0.2, 0) is 0 Å². The van der Waals surface area contributed by atoms with Crippen LogP contribution in [0.2, 0.25) is 0 Å². The van der Waals surface area contributed by atoms with Crippen molar-refractivity contribution in [2.45, 2.75) is 18.9 Å². The molecule has 5 N–H and O–H groups in total. The van der Waals surface area contributed by atoms with Gasteiger partial charge in [0.25, 0.3) is 0 Å². The lowest BCUT2D eigenvalue weighted by Crippen LogP contribution is -2.35. The van der Waals surface area contributed by atoms with Crippen LogP contribution in [0, 0.1) is 0 Å². The van der Waals surface area contributed by atoms with Crippen molar-refractivity contribution in [3.8, 4) is 0 Å². The van der Waals surface area contributed by atoms with Crippen molar-refractivity contribution in [3.05, 3.63) is 54.1 Å². The highest BCUT2D eigenvalue weighted by Gasteiger charge is 2.15. The number of hydrogen-bond donors (Lipinski definition) is 4. The standard InChI is InChI=1S/C19H23N5/c20-19-11-13(2-8-23-19)15-9-14-1-5-22-12-17(14)18(10-15)24-16-3-6-21-7-4-16/h1-2,5,9-12,16,21,23-24H,3-4,6-8,20H2. The van der Waals surface area contributed by atoms with Gasteiger partial charge in [-0.25, -0.2) is 0 Å². The van der Waals surface area contributed by atoms with Crippen molar-refractivity contribution in [1.29, 1.82) is 0 Å². The van der Waals surface area contributed by atoms with E-state index in [0.29, 0.717) is 6.04 Å². The molecule has 0 radical (unpaired) electrons. The summed E-state index contributed by atoms with van der Waals surface area (Å²) in [6.45, 7) is 2.91. The molecule has 3 heterocycles. The number of benzene rings is 1. The van der Waals surface area contributed by atoms with Gasteiger partial charge in [-0.05, 0) is 66.7 Å². The van der Waals surface area contributed by atoms with Gasteiger partial charge in [0.15, 0.2) is 0 Å². The molecule has 4 rings (SSSR count). The summed E-state index contributed by atoms with van der Waals surface area (Å²) in [5, 5.41) is 12.7. The molecule has 0 bridgehead atoms. The average Bonchev–Trinajstić information content (AvgIpc) is 2.62. The van der Waals surface area contributed by atoms with Crippen LogP contribution in [0.3, 0.4) is 0 Å². The third-order valence-corrected chi connectivity index (χ3v) is 4.73. The normalized spacial score (nSPS) is 18.7. The zero-order valence-electron chi connectivity index (χ0n) is 13.7. The maximum absolute atomic E-state index is 5.94. The van der Waals surface area contributed by atoms with Crippen molar-refractivity contribution >= 4 is 22.0 Å². The molecule has 0 atom stereocenters. The van der Waals surface area contributed by atoms with E-state index in [1.54, 1.807) is 0 Å². The Morgan fingerprint density at radius 1 is 1.21 bits per heavy atom. The predicted molar refractivity (Wildman–Crippen MR) is 99.5 cm³/mol. The summed E-state index contributed by atoms with van der Waals surface area (Å²) < 4.78 is 0. The van der Waals surface area contributed by atoms with Crippen LogP contribution in [0.5, 0.6) is 0 Å². The Labute approximate surface area is 142 Å². The van der Waals surface area contributed by atoms with Crippen molar-refractivity contribution in [1.82, 2.24) is 15.6 Å². The van der Waals surface area contributed by atoms with Crippen molar-refractivity contribution in [3.63, 3.8) is 0 Å². The third-order valence-electron chi connectivity index (χ3n) is 4.73. The molecule has 0 spiro atoms. The monoisotopic (exact) mass is 321 g/mol. The smallest absolute Gasteiger partial charge is 0.0968 e. The van der Waals surface area contributed by atoms with Gasteiger partial charge in [0.2, 0.25) is 0 Å². The van der Waals surface area contributed by atoms with E-state index in [-0.39, 0.29) is 0 Å². The van der Waals surface area contributed by atoms with E-state index in [0.717, 1.165) is 44.0 Å². The molecular weight excluding hydrogens is 298 g/mol. The molecule has 24 heavy (non-hydrogen) atoms. The summed E-state index contributed by atoms with van der Waals surface area (Å²) in [5.74, 6) is 0.718. The first kappa shape index (κ1) is 15.0. The number of fused-ring (bicyclic) bond motifs is 1. The highest BCUT2D eigenvalue weighted by Crippen LogP contribution is 2.30. The molecular formula is C19H23N5. The van der Waals surface area contributed by atoms with E-state index in [2.05, 4.69) is 45.2 Å². The maximum Gasteiger partial charge on any atom is 0.0968 e. The number of aromatic nitrogens is 1. The molecule has 1 saturated heterocycles. The van der Waals surface area contributed by atoms with Gasteiger partial charge >= 0.3 is 0 Å². The minimum absolute atomic E-state index is 0.507. The molecule has 2 aromatic rings. The second kappa shape index (κ2) is 6.53. The van der Waals surface area contributed by atoms with Gasteiger partial charge in [-0.2, -0.15) is 0 Å². The number of allylic oxidation sites excluding steroid dienone is 2. The van der Waals surface area contributed by atoms with Gasteiger partial charge in [0, 0.05) is 36.1 Å². The van der Waals surface area contributed by atoms with Gasteiger partial charge in [-0.15, -0.1) is 0 Å². The fourth-order valence-corrected chi connectivity index (χ4v) is 3.43. The Morgan fingerprint density at radius 3 is 2.92 bits per heavy atom. The first-order valence-electron chi connectivity index (χ1n) is 8.56. The highest BCUT2D eigenvalue weighted by atomic mass is 15.0. The minimum atomic E-state index is 0.507. The number of dihydropyridines is 1. The number of nitrogens with zero attached hydrogens (tertiary/aromatic N) is 1. The largest absolute Gasteiger partial charge is 0.386 e. The topological polar surface area (TPSA) is 75.0 Å². The number of hydrogen-bond acceptors (Lipinski definition) is 5. The zero-order valence-corrected chi connectivity index (χ0v) is 13.7. The lowest BCUT2D eigenvalue weighted by atomic mass is 9.98. The van der Waals surface area contributed by atoms with E-state index < -0.39 is 0 Å².